The zero-order chi connectivity index (χ0) is 13.1. The van der Waals surface area contributed by atoms with Gasteiger partial charge in [-0.2, -0.15) is 0 Å². The third-order valence-corrected chi connectivity index (χ3v) is 3.08. The molecule has 0 atom stereocenters. The summed E-state index contributed by atoms with van der Waals surface area (Å²) in [6.45, 7) is 3.79. The first-order valence-corrected chi connectivity index (χ1v) is 6.29. The first-order valence-electron chi connectivity index (χ1n) is 5.91. The highest BCUT2D eigenvalue weighted by atomic mass is 35.5. The van der Waals surface area contributed by atoms with Crippen LogP contribution in [0.1, 0.15) is 36.5 Å². The molecule has 0 N–H and O–H groups in total. The number of carbonyl (C=O) groups excluding carboxylic acids is 1. The van der Waals surface area contributed by atoms with Crippen LogP contribution in [0, 0.1) is 0 Å². The van der Waals surface area contributed by atoms with Gasteiger partial charge in [0.15, 0.2) is 11.5 Å². The van der Waals surface area contributed by atoms with E-state index in [1.807, 2.05) is 32.0 Å². The summed E-state index contributed by atoms with van der Waals surface area (Å²) >= 11 is 6.14. The van der Waals surface area contributed by atoms with Crippen molar-refractivity contribution in [3.05, 3.63) is 40.7 Å². The van der Waals surface area contributed by atoms with Crippen LogP contribution in [-0.2, 0) is 6.42 Å². The summed E-state index contributed by atoms with van der Waals surface area (Å²) in [6, 6.07) is 7.38. The highest BCUT2D eigenvalue weighted by Crippen LogP contribution is 2.22. The Hall–Kier alpha value is -1.68. The van der Waals surface area contributed by atoms with E-state index in [1.165, 1.54) is 0 Å². The van der Waals surface area contributed by atoms with Gasteiger partial charge in [-0.15, -0.1) is 5.10 Å². The molecule has 2 rings (SSSR count). The second-order valence-electron chi connectivity index (χ2n) is 3.88. The van der Waals surface area contributed by atoms with Crippen molar-refractivity contribution in [1.82, 2.24) is 15.0 Å². The lowest BCUT2D eigenvalue weighted by Gasteiger charge is -2.07. The van der Waals surface area contributed by atoms with E-state index in [0.29, 0.717) is 23.6 Å². The van der Waals surface area contributed by atoms with Gasteiger partial charge < -0.3 is 0 Å². The van der Waals surface area contributed by atoms with Crippen LogP contribution in [0.5, 0.6) is 0 Å². The first kappa shape index (κ1) is 12.8. The molecule has 94 valence electrons. The summed E-state index contributed by atoms with van der Waals surface area (Å²) in [7, 11) is 0. The summed E-state index contributed by atoms with van der Waals surface area (Å²) in [5, 5.41) is 8.62. The standard InChI is InChI=1S/C13H14ClN3O/c1-3-10-13(12(18)4-2)15-16-17(10)11-8-6-5-7-9(11)14/h5-8H,3-4H2,1-2H3. The fraction of sp³-hybridized carbons (Fsp3) is 0.308. The van der Waals surface area contributed by atoms with Gasteiger partial charge in [-0.1, -0.05) is 42.8 Å². The second-order valence-corrected chi connectivity index (χ2v) is 4.29. The summed E-state index contributed by atoms with van der Waals surface area (Å²) < 4.78 is 1.64. The van der Waals surface area contributed by atoms with Crippen LogP contribution in [-0.4, -0.2) is 20.8 Å². The van der Waals surface area contributed by atoms with Crippen LogP contribution >= 0.6 is 11.6 Å². The fourth-order valence-electron chi connectivity index (χ4n) is 1.82. The molecule has 1 aromatic carbocycles. The van der Waals surface area contributed by atoms with Crippen molar-refractivity contribution >= 4 is 17.4 Å². The third-order valence-electron chi connectivity index (χ3n) is 2.76. The third kappa shape index (κ3) is 2.16. The molecule has 0 unspecified atom stereocenters. The second kappa shape index (κ2) is 5.31. The number of hydrogen-bond donors (Lipinski definition) is 0. The molecule has 0 saturated heterocycles. The Morgan fingerprint density at radius 3 is 2.67 bits per heavy atom. The van der Waals surface area contributed by atoms with E-state index in [9.17, 15) is 4.79 Å². The number of hydrogen-bond acceptors (Lipinski definition) is 3. The molecule has 4 nitrogen and oxygen atoms in total. The van der Waals surface area contributed by atoms with Crippen molar-refractivity contribution in [2.24, 2.45) is 0 Å². The Bertz CT molecular complexity index is 577. The summed E-state index contributed by atoms with van der Waals surface area (Å²) in [5.41, 5.74) is 1.99. The van der Waals surface area contributed by atoms with Crippen LogP contribution in [0.25, 0.3) is 5.69 Å². The number of Topliss-reactive ketones (excluding diaryl/α,β-unsaturated/α-hetero) is 1. The van der Waals surface area contributed by atoms with E-state index < -0.39 is 0 Å². The Labute approximate surface area is 111 Å². The predicted octanol–water partition coefficient (Wildman–Crippen LogP) is 3.08. The first-order chi connectivity index (χ1) is 8.69. The molecule has 0 spiro atoms. The van der Waals surface area contributed by atoms with Gasteiger partial charge in [-0.05, 0) is 18.6 Å². The van der Waals surface area contributed by atoms with Crippen molar-refractivity contribution in [1.29, 1.82) is 0 Å². The van der Waals surface area contributed by atoms with Gasteiger partial charge in [-0.25, -0.2) is 4.68 Å². The molecule has 0 aliphatic carbocycles. The molecule has 5 heteroatoms. The van der Waals surface area contributed by atoms with Crippen LogP contribution in [0.15, 0.2) is 24.3 Å². The molecule has 2 aromatic rings. The SMILES string of the molecule is CCC(=O)c1nnn(-c2ccccc2Cl)c1CC. The number of ketones is 1. The Morgan fingerprint density at radius 1 is 1.33 bits per heavy atom. The lowest BCUT2D eigenvalue weighted by Crippen LogP contribution is -2.06. The molecule has 0 fully saturated rings. The molecule has 0 saturated carbocycles. The zero-order valence-corrected chi connectivity index (χ0v) is 11.1. The number of para-hydroxylation sites is 1. The largest absolute Gasteiger partial charge is 0.292 e. The van der Waals surface area contributed by atoms with E-state index in [-0.39, 0.29) is 5.78 Å². The van der Waals surface area contributed by atoms with Gasteiger partial charge in [0, 0.05) is 6.42 Å². The number of benzene rings is 1. The molecule has 0 aliphatic rings. The van der Waals surface area contributed by atoms with Gasteiger partial charge in [0.1, 0.15) is 0 Å². The van der Waals surface area contributed by atoms with Crippen LogP contribution in [0.2, 0.25) is 5.02 Å². The molecule has 1 aromatic heterocycles. The van der Waals surface area contributed by atoms with E-state index in [0.717, 1.165) is 11.4 Å². The van der Waals surface area contributed by atoms with Gasteiger partial charge in [0.05, 0.1) is 16.4 Å². The van der Waals surface area contributed by atoms with Crippen molar-refractivity contribution in [3.63, 3.8) is 0 Å². The maximum Gasteiger partial charge on any atom is 0.184 e. The monoisotopic (exact) mass is 263 g/mol. The van der Waals surface area contributed by atoms with E-state index in [4.69, 9.17) is 11.6 Å². The molecule has 1 heterocycles. The highest BCUT2D eigenvalue weighted by Gasteiger charge is 2.18. The maximum atomic E-state index is 11.8. The lowest BCUT2D eigenvalue weighted by molar-refractivity contribution is 0.0982. The number of carbonyl (C=O) groups is 1. The quantitative estimate of drug-likeness (QED) is 0.797. The topological polar surface area (TPSA) is 47.8 Å². The van der Waals surface area contributed by atoms with Crippen molar-refractivity contribution < 1.29 is 4.79 Å². The zero-order valence-electron chi connectivity index (χ0n) is 10.4. The van der Waals surface area contributed by atoms with E-state index >= 15 is 0 Å². The van der Waals surface area contributed by atoms with Crippen molar-refractivity contribution in [2.75, 3.05) is 0 Å². The number of rotatable bonds is 4. The smallest absolute Gasteiger partial charge is 0.184 e. The van der Waals surface area contributed by atoms with E-state index in [1.54, 1.807) is 10.7 Å². The van der Waals surface area contributed by atoms with Crippen molar-refractivity contribution in [2.45, 2.75) is 26.7 Å². The minimum Gasteiger partial charge on any atom is -0.292 e. The molecule has 0 aliphatic heterocycles. The molecule has 0 radical (unpaired) electrons. The van der Waals surface area contributed by atoms with E-state index in [2.05, 4.69) is 10.3 Å². The van der Waals surface area contributed by atoms with Crippen LogP contribution in [0.4, 0.5) is 0 Å². The van der Waals surface area contributed by atoms with Gasteiger partial charge >= 0.3 is 0 Å². The Morgan fingerprint density at radius 2 is 2.06 bits per heavy atom. The Kier molecular flexibility index (Phi) is 3.77. The average Bonchev–Trinajstić information content (AvgIpc) is 2.81. The average molecular weight is 264 g/mol. The summed E-state index contributed by atoms with van der Waals surface area (Å²) in [6.07, 6.45) is 1.10. The predicted molar refractivity (Wildman–Crippen MR) is 70.4 cm³/mol. The highest BCUT2D eigenvalue weighted by molar-refractivity contribution is 6.32. The van der Waals surface area contributed by atoms with Crippen LogP contribution in [0.3, 0.4) is 0 Å². The summed E-state index contributed by atoms with van der Waals surface area (Å²) in [5.74, 6) is 0.00477. The van der Waals surface area contributed by atoms with Gasteiger partial charge in [0.2, 0.25) is 0 Å². The minimum absolute atomic E-state index is 0.00477. The van der Waals surface area contributed by atoms with Gasteiger partial charge in [0.25, 0.3) is 0 Å². The van der Waals surface area contributed by atoms with Gasteiger partial charge in [-0.3, -0.25) is 4.79 Å². The lowest BCUT2D eigenvalue weighted by atomic mass is 10.1. The maximum absolute atomic E-state index is 11.8. The molecule has 0 bridgehead atoms. The summed E-state index contributed by atoms with van der Waals surface area (Å²) in [4.78, 5) is 11.8. The number of halogens is 1. The molecule has 0 amide bonds. The number of aromatic nitrogens is 3. The fourth-order valence-corrected chi connectivity index (χ4v) is 2.04. The molecule has 18 heavy (non-hydrogen) atoms. The normalized spacial score (nSPS) is 10.6. The van der Waals surface area contributed by atoms with Crippen LogP contribution < -0.4 is 0 Å². The minimum atomic E-state index is 0.00477. The Balaban J connectivity index is 2.56. The molecular formula is C13H14ClN3O. The number of nitrogens with zero attached hydrogens (tertiary/aromatic N) is 3. The van der Waals surface area contributed by atoms with Crippen molar-refractivity contribution in [3.8, 4) is 5.69 Å². The molecular weight excluding hydrogens is 250 g/mol.